The van der Waals surface area contributed by atoms with Crippen LogP contribution in [0.2, 0.25) is 0 Å². The second-order valence-electron chi connectivity index (χ2n) is 7.66. The van der Waals surface area contributed by atoms with Gasteiger partial charge in [0.25, 0.3) is 0 Å². The SMILES string of the molecule is CCCCCCCC[C@H](O)/C=C/c1cccc(C[C@H](O)c2cccc(CO)c2)n1. The lowest BCUT2D eigenvalue weighted by atomic mass is 10.0. The van der Waals surface area contributed by atoms with Crippen molar-refractivity contribution >= 4 is 6.08 Å². The highest BCUT2D eigenvalue weighted by Crippen LogP contribution is 2.19. The predicted molar refractivity (Wildman–Crippen MR) is 118 cm³/mol. The molecule has 0 saturated carbocycles. The van der Waals surface area contributed by atoms with Gasteiger partial charge in [-0.3, -0.25) is 4.98 Å². The molecule has 0 unspecified atom stereocenters. The first-order valence-corrected chi connectivity index (χ1v) is 10.8. The molecule has 0 fully saturated rings. The fourth-order valence-corrected chi connectivity index (χ4v) is 3.36. The monoisotopic (exact) mass is 397 g/mol. The van der Waals surface area contributed by atoms with Crippen molar-refractivity contribution in [2.24, 2.45) is 0 Å². The van der Waals surface area contributed by atoms with Crippen molar-refractivity contribution in [2.75, 3.05) is 0 Å². The summed E-state index contributed by atoms with van der Waals surface area (Å²) >= 11 is 0. The molecular weight excluding hydrogens is 362 g/mol. The van der Waals surface area contributed by atoms with Crippen LogP contribution in [0.15, 0.2) is 48.5 Å². The van der Waals surface area contributed by atoms with Gasteiger partial charge in [0.2, 0.25) is 0 Å². The van der Waals surface area contributed by atoms with Crippen LogP contribution in [0.1, 0.15) is 80.5 Å². The van der Waals surface area contributed by atoms with Crippen LogP contribution in [0.25, 0.3) is 6.08 Å². The zero-order valence-corrected chi connectivity index (χ0v) is 17.5. The summed E-state index contributed by atoms with van der Waals surface area (Å²) in [4.78, 5) is 4.58. The summed E-state index contributed by atoms with van der Waals surface area (Å²) in [7, 11) is 0. The highest BCUT2D eigenvalue weighted by molar-refractivity contribution is 5.45. The van der Waals surface area contributed by atoms with Gasteiger partial charge in [0.1, 0.15) is 0 Å². The summed E-state index contributed by atoms with van der Waals surface area (Å²) in [6.07, 6.45) is 11.0. The van der Waals surface area contributed by atoms with Crippen LogP contribution in [-0.4, -0.2) is 26.4 Å². The van der Waals surface area contributed by atoms with E-state index in [9.17, 15) is 15.3 Å². The van der Waals surface area contributed by atoms with Crippen LogP contribution in [0.5, 0.6) is 0 Å². The minimum absolute atomic E-state index is 0.0415. The van der Waals surface area contributed by atoms with Gasteiger partial charge in [0.15, 0.2) is 0 Å². The number of aliphatic hydroxyl groups excluding tert-OH is 3. The molecule has 1 aromatic heterocycles. The standard InChI is InChI=1S/C25H35NO3/c1-2-3-4-5-6-7-14-24(28)16-15-22-12-9-13-23(26-22)18-25(29)21-11-8-10-20(17-21)19-27/h8-13,15-17,24-25,27-29H,2-7,14,18-19H2,1H3/b16-15+/t24-,25-/m0/s1. The fourth-order valence-electron chi connectivity index (χ4n) is 3.36. The number of hydrogen-bond donors (Lipinski definition) is 3. The summed E-state index contributed by atoms with van der Waals surface area (Å²) in [6, 6.07) is 13.0. The quantitative estimate of drug-likeness (QED) is 0.417. The zero-order chi connectivity index (χ0) is 20.9. The second-order valence-corrected chi connectivity index (χ2v) is 7.66. The molecule has 3 N–H and O–H groups in total. The van der Waals surface area contributed by atoms with Crippen molar-refractivity contribution < 1.29 is 15.3 Å². The average Bonchev–Trinajstić information content (AvgIpc) is 2.75. The Labute approximate surface area is 175 Å². The molecule has 2 rings (SSSR count). The molecule has 0 saturated heterocycles. The number of unbranched alkanes of at least 4 members (excludes halogenated alkanes) is 5. The van der Waals surface area contributed by atoms with E-state index in [1.807, 2.05) is 48.5 Å². The number of rotatable bonds is 13. The predicted octanol–water partition coefficient (Wildman–Crippen LogP) is 4.97. The molecule has 0 aliphatic carbocycles. The van der Waals surface area contributed by atoms with Gasteiger partial charge in [-0.1, -0.05) is 81.9 Å². The molecule has 2 aromatic rings. The van der Waals surface area contributed by atoms with E-state index in [2.05, 4.69) is 11.9 Å². The summed E-state index contributed by atoms with van der Waals surface area (Å²) < 4.78 is 0. The largest absolute Gasteiger partial charge is 0.392 e. The average molecular weight is 398 g/mol. The normalized spacial score (nSPS) is 13.7. The van der Waals surface area contributed by atoms with Crippen molar-refractivity contribution in [1.82, 2.24) is 4.98 Å². The van der Waals surface area contributed by atoms with Crippen molar-refractivity contribution in [1.29, 1.82) is 0 Å². The van der Waals surface area contributed by atoms with E-state index in [0.29, 0.717) is 6.42 Å². The van der Waals surface area contributed by atoms with Gasteiger partial charge in [-0.05, 0) is 35.8 Å². The van der Waals surface area contributed by atoms with Crippen molar-refractivity contribution in [3.63, 3.8) is 0 Å². The first kappa shape index (κ1) is 23.3. The maximum atomic E-state index is 10.5. The topological polar surface area (TPSA) is 73.6 Å². The van der Waals surface area contributed by atoms with Gasteiger partial charge in [-0.25, -0.2) is 0 Å². The zero-order valence-electron chi connectivity index (χ0n) is 17.5. The minimum atomic E-state index is -0.675. The number of aliphatic hydroxyl groups is 3. The van der Waals surface area contributed by atoms with Crippen LogP contribution in [0.4, 0.5) is 0 Å². The third-order valence-electron chi connectivity index (χ3n) is 5.09. The van der Waals surface area contributed by atoms with Crippen molar-refractivity contribution in [3.05, 3.63) is 71.1 Å². The van der Waals surface area contributed by atoms with Gasteiger partial charge in [0.05, 0.1) is 24.5 Å². The molecule has 4 heteroatoms. The summed E-state index contributed by atoms with van der Waals surface area (Å²) in [5, 5.41) is 29.9. The van der Waals surface area contributed by atoms with Crippen molar-refractivity contribution in [2.45, 2.75) is 77.1 Å². The molecule has 2 atom stereocenters. The van der Waals surface area contributed by atoms with Crippen molar-refractivity contribution in [3.8, 4) is 0 Å². The van der Waals surface area contributed by atoms with Gasteiger partial charge >= 0.3 is 0 Å². The fraction of sp³-hybridized carbons (Fsp3) is 0.480. The molecular formula is C25H35NO3. The van der Waals surface area contributed by atoms with E-state index in [-0.39, 0.29) is 6.61 Å². The Bertz CT molecular complexity index is 744. The van der Waals surface area contributed by atoms with Crippen LogP contribution >= 0.6 is 0 Å². The van der Waals surface area contributed by atoms with Gasteiger partial charge in [0, 0.05) is 12.1 Å². The Balaban J connectivity index is 1.84. The molecule has 4 nitrogen and oxygen atoms in total. The van der Waals surface area contributed by atoms with E-state index >= 15 is 0 Å². The molecule has 29 heavy (non-hydrogen) atoms. The Morgan fingerprint density at radius 2 is 1.72 bits per heavy atom. The summed E-state index contributed by atoms with van der Waals surface area (Å²) in [5.74, 6) is 0. The number of pyridine rings is 1. The lowest BCUT2D eigenvalue weighted by molar-refractivity contribution is 0.177. The highest BCUT2D eigenvalue weighted by atomic mass is 16.3. The molecule has 0 radical (unpaired) electrons. The van der Waals surface area contributed by atoms with Crippen LogP contribution in [-0.2, 0) is 13.0 Å². The first-order valence-electron chi connectivity index (χ1n) is 10.8. The lowest BCUT2D eigenvalue weighted by Gasteiger charge is -2.12. The Morgan fingerprint density at radius 1 is 0.966 bits per heavy atom. The summed E-state index contributed by atoms with van der Waals surface area (Å²) in [6.45, 7) is 2.17. The smallest absolute Gasteiger partial charge is 0.0845 e. The molecule has 1 aromatic carbocycles. The number of hydrogen-bond acceptors (Lipinski definition) is 4. The molecule has 158 valence electrons. The number of aromatic nitrogens is 1. The Kier molecular flexibility index (Phi) is 10.6. The highest BCUT2D eigenvalue weighted by Gasteiger charge is 2.10. The summed E-state index contributed by atoms with van der Waals surface area (Å²) in [5.41, 5.74) is 3.12. The number of benzene rings is 1. The molecule has 0 amide bonds. The molecule has 0 bridgehead atoms. The van der Waals surface area contributed by atoms with Gasteiger partial charge in [-0.15, -0.1) is 0 Å². The van der Waals surface area contributed by atoms with Gasteiger partial charge in [-0.2, -0.15) is 0 Å². The maximum absolute atomic E-state index is 10.5. The van der Waals surface area contributed by atoms with Crippen LogP contribution in [0.3, 0.4) is 0 Å². The van der Waals surface area contributed by atoms with E-state index in [0.717, 1.165) is 35.4 Å². The van der Waals surface area contributed by atoms with Gasteiger partial charge < -0.3 is 15.3 Å². The third-order valence-corrected chi connectivity index (χ3v) is 5.09. The third kappa shape index (κ3) is 8.90. The molecule has 1 heterocycles. The van der Waals surface area contributed by atoms with E-state index in [1.165, 1.54) is 32.1 Å². The number of nitrogens with zero attached hydrogens (tertiary/aromatic N) is 1. The van der Waals surface area contributed by atoms with E-state index in [4.69, 9.17) is 0 Å². The second kappa shape index (κ2) is 13.3. The van der Waals surface area contributed by atoms with E-state index in [1.54, 1.807) is 6.08 Å². The molecule has 0 aliphatic rings. The Morgan fingerprint density at radius 3 is 2.52 bits per heavy atom. The minimum Gasteiger partial charge on any atom is -0.392 e. The molecule has 0 aliphatic heterocycles. The van der Waals surface area contributed by atoms with Crippen LogP contribution < -0.4 is 0 Å². The first-order chi connectivity index (χ1) is 14.1. The van der Waals surface area contributed by atoms with E-state index < -0.39 is 12.2 Å². The maximum Gasteiger partial charge on any atom is 0.0845 e. The molecule has 0 spiro atoms. The Hall–Kier alpha value is -2.01. The lowest BCUT2D eigenvalue weighted by Crippen LogP contribution is -2.05. The van der Waals surface area contributed by atoms with Crippen LogP contribution in [0, 0.1) is 0 Å².